The van der Waals surface area contributed by atoms with Gasteiger partial charge in [0.2, 0.25) is 11.6 Å². The fourth-order valence-electron chi connectivity index (χ4n) is 3.88. The largest absolute Gasteiger partial charge is 0.353 e. The van der Waals surface area contributed by atoms with E-state index in [2.05, 4.69) is 43.3 Å². The van der Waals surface area contributed by atoms with Crippen LogP contribution in [0, 0.1) is 21.8 Å². The number of halogens is 2. The first kappa shape index (κ1) is 21.2. The SMILES string of the molecule is O=[N+]([O-])c1c(Nc2ccc(Br)cc2F)ncnc1N1CCC(Cc2ccccc2)CC1. The van der Waals surface area contributed by atoms with Crippen molar-refractivity contribution in [1.29, 1.82) is 0 Å². The van der Waals surface area contributed by atoms with Crippen LogP contribution in [0.5, 0.6) is 0 Å². The first-order chi connectivity index (χ1) is 15.0. The van der Waals surface area contributed by atoms with E-state index in [-0.39, 0.29) is 23.0 Å². The van der Waals surface area contributed by atoms with Gasteiger partial charge in [-0.3, -0.25) is 10.1 Å². The third-order valence-electron chi connectivity index (χ3n) is 5.45. The monoisotopic (exact) mass is 485 g/mol. The molecule has 0 bridgehead atoms. The number of nitro groups is 1. The highest BCUT2D eigenvalue weighted by Crippen LogP contribution is 2.36. The van der Waals surface area contributed by atoms with Crippen LogP contribution in [0.1, 0.15) is 18.4 Å². The van der Waals surface area contributed by atoms with Crippen LogP contribution < -0.4 is 10.2 Å². The molecule has 0 radical (unpaired) electrons. The molecule has 1 saturated heterocycles. The zero-order valence-corrected chi connectivity index (χ0v) is 18.3. The molecule has 7 nitrogen and oxygen atoms in total. The van der Waals surface area contributed by atoms with E-state index in [0.717, 1.165) is 19.3 Å². The Hall–Kier alpha value is -3.07. The Balaban J connectivity index is 1.52. The van der Waals surface area contributed by atoms with Crippen LogP contribution in [0.3, 0.4) is 0 Å². The zero-order chi connectivity index (χ0) is 21.8. The van der Waals surface area contributed by atoms with E-state index in [1.165, 1.54) is 24.0 Å². The molecule has 3 aromatic rings. The molecule has 160 valence electrons. The highest BCUT2D eigenvalue weighted by molar-refractivity contribution is 9.10. The predicted molar refractivity (Wildman–Crippen MR) is 121 cm³/mol. The molecule has 4 rings (SSSR count). The van der Waals surface area contributed by atoms with Crippen molar-refractivity contribution in [2.75, 3.05) is 23.3 Å². The molecule has 9 heteroatoms. The molecular weight excluding hydrogens is 465 g/mol. The van der Waals surface area contributed by atoms with Gasteiger partial charge in [-0.2, -0.15) is 0 Å². The van der Waals surface area contributed by atoms with E-state index >= 15 is 0 Å². The van der Waals surface area contributed by atoms with E-state index in [4.69, 9.17) is 0 Å². The fourth-order valence-corrected chi connectivity index (χ4v) is 4.21. The molecule has 0 aliphatic carbocycles. The van der Waals surface area contributed by atoms with Crippen LogP contribution in [0.4, 0.5) is 27.4 Å². The number of nitrogens with zero attached hydrogens (tertiary/aromatic N) is 4. The number of hydrogen-bond acceptors (Lipinski definition) is 6. The van der Waals surface area contributed by atoms with Crippen LogP contribution in [0.15, 0.2) is 59.3 Å². The summed E-state index contributed by atoms with van der Waals surface area (Å²) in [7, 11) is 0. The Kier molecular flexibility index (Phi) is 6.41. The first-order valence-electron chi connectivity index (χ1n) is 10.0. The first-order valence-corrected chi connectivity index (χ1v) is 10.8. The van der Waals surface area contributed by atoms with Gasteiger partial charge in [0.25, 0.3) is 0 Å². The van der Waals surface area contributed by atoms with Crippen molar-refractivity contribution in [1.82, 2.24) is 9.97 Å². The topological polar surface area (TPSA) is 84.2 Å². The Morgan fingerprint density at radius 2 is 1.90 bits per heavy atom. The summed E-state index contributed by atoms with van der Waals surface area (Å²) in [5.41, 5.74) is 1.17. The average molecular weight is 486 g/mol. The summed E-state index contributed by atoms with van der Waals surface area (Å²) in [6.07, 6.45) is 4.11. The fraction of sp³-hybridized carbons (Fsp3) is 0.273. The molecule has 1 N–H and O–H groups in total. The molecule has 2 heterocycles. The van der Waals surface area contributed by atoms with Gasteiger partial charge in [0.15, 0.2) is 0 Å². The maximum Gasteiger partial charge on any atom is 0.353 e. The summed E-state index contributed by atoms with van der Waals surface area (Å²) in [5.74, 6) is 0.223. The van der Waals surface area contributed by atoms with E-state index in [1.807, 2.05) is 23.1 Å². The maximum absolute atomic E-state index is 14.2. The van der Waals surface area contributed by atoms with Gasteiger partial charge in [-0.15, -0.1) is 0 Å². The van der Waals surface area contributed by atoms with Crippen LogP contribution in [-0.4, -0.2) is 28.0 Å². The van der Waals surface area contributed by atoms with Gasteiger partial charge >= 0.3 is 5.69 Å². The predicted octanol–water partition coefficient (Wildman–Crippen LogP) is 5.49. The Bertz CT molecular complexity index is 1070. The van der Waals surface area contributed by atoms with Crippen LogP contribution in [0.2, 0.25) is 0 Å². The van der Waals surface area contributed by atoms with Crippen LogP contribution in [-0.2, 0) is 6.42 Å². The maximum atomic E-state index is 14.2. The van der Waals surface area contributed by atoms with Gasteiger partial charge in [-0.1, -0.05) is 46.3 Å². The molecule has 1 aromatic heterocycles. The van der Waals surface area contributed by atoms with Gasteiger partial charge in [0.1, 0.15) is 12.1 Å². The van der Waals surface area contributed by atoms with E-state index in [1.54, 1.807) is 6.07 Å². The molecule has 0 spiro atoms. The van der Waals surface area contributed by atoms with Crippen LogP contribution in [0.25, 0.3) is 0 Å². The summed E-state index contributed by atoms with van der Waals surface area (Å²) in [4.78, 5) is 21.5. The molecular formula is C22H21BrFN5O2. The minimum atomic E-state index is -0.537. The second-order valence-electron chi connectivity index (χ2n) is 7.52. The number of anilines is 3. The number of aromatic nitrogens is 2. The highest BCUT2D eigenvalue weighted by atomic mass is 79.9. The second-order valence-corrected chi connectivity index (χ2v) is 8.44. The third kappa shape index (κ3) is 4.99. The molecule has 1 aliphatic rings. The smallest absolute Gasteiger partial charge is 0.351 e. The number of rotatable bonds is 6. The van der Waals surface area contributed by atoms with E-state index in [0.29, 0.717) is 23.5 Å². The summed E-state index contributed by atoms with van der Waals surface area (Å²) in [6.45, 7) is 1.34. The van der Waals surface area contributed by atoms with Gasteiger partial charge in [0, 0.05) is 17.6 Å². The van der Waals surface area contributed by atoms with Gasteiger partial charge in [0.05, 0.1) is 10.6 Å². The summed E-state index contributed by atoms with van der Waals surface area (Å²) < 4.78 is 14.8. The standard InChI is InChI=1S/C22H21BrFN5O2/c23-17-6-7-19(18(24)13-17)27-21-20(29(30)31)22(26-14-25-21)28-10-8-16(9-11-28)12-15-4-2-1-3-5-15/h1-7,13-14,16H,8-12H2,(H,25,26,27). The quantitative estimate of drug-likeness (QED) is 0.367. The molecule has 2 aromatic carbocycles. The lowest BCUT2D eigenvalue weighted by atomic mass is 9.90. The molecule has 0 amide bonds. The number of piperidine rings is 1. The lowest BCUT2D eigenvalue weighted by Gasteiger charge is -2.32. The van der Waals surface area contributed by atoms with Gasteiger partial charge < -0.3 is 10.2 Å². The second kappa shape index (κ2) is 9.38. The number of benzene rings is 2. The third-order valence-corrected chi connectivity index (χ3v) is 5.94. The molecule has 1 fully saturated rings. The van der Waals surface area contributed by atoms with E-state index in [9.17, 15) is 14.5 Å². The summed E-state index contributed by atoms with van der Waals surface area (Å²) in [6, 6.07) is 14.8. The van der Waals surface area contributed by atoms with Crippen molar-refractivity contribution in [2.24, 2.45) is 5.92 Å². The lowest BCUT2D eigenvalue weighted by molar-refractivity contribution is -0.383. The molecule has 0 atom stereocenters. The van der Waals surface area contributed by atoms with Crippen LogP contribution >= 0.6 is 15.9 Å². The molecule has 1 aliphatic heterocycles. The Morgan fingerprint density at radius 3 is 2.58 bits per heavy atom. The summed E-state index contributed by atoms with van der Waals surface area (Å²) in [5, 5.41) is 14.6. The minimum Gasteiger partial charge on any atom is -0.351 e. The molecule has 31 heavy (non-hydrogen) atoms. The van der Waals surface area contributed by atoms with Crippen molar-refractivity contribution < 1.29 is 9.31 Å². The lowest BCUT2D eigenvalue weighted by Crippen LogP contribution is -2.35. The average Bonchev–Trinajstić information content (AvgIpc) is 2.77. The Labute approximate surface area is 187 Å². The minimum absolute atomic E-state index is 0.0253. The van der Waals surface area contributed by atoms with Crippen molar-refractivity contribution in [3.63, 3.8) is 0 Å². The highest BCUT2D eigenvalue weighted by Gasteiger charge is 2.30. The number of nitrogens with one attached hydrogen (secondary N) is 1. The van der Waals surface area contributed by atoms with Crippen molar-refractivity contribution in [2.45, 2.75) is 19.3 Å². The zero-order valence-electron chi connectivity index (χ0n) is 16.7. The van der Waals surface area contributed by atoms with E-state index < -0.39 is 10.7 Å². The van der Waals surface area contributed by atoms with Gasteiger partial charge in [-0.05, 0) is 48.9 Å². The van der Waals surface area contributed by atoms with Crippen molar-refractivity contribution >= 4 is 38.9 Å². The van der Waals surface area contributed by atoms with Crippen molar-refractivity contribution in [3.05, 3.63) is 80.8 Å². The molecule has 0 unspecified atom stereocenters. The summed E-state index contributed by atoms with van der Waals surface area (Å²) >= 11 is 3.20. The number of hydrogen-bond donors (Lipinski definition) is 1. The normalized spacial score (nSPS) is 14.5. The van der Waals surface area contributed by atoms with Gasteiger partial charge in [-0.25, -0.2) is 14.4 Å². The van der Waals surface area contributed by atoms with Crippen molar-refractivity contribution in [3.8, 4) is 0 Å². The Morgan fingerprint density at radius 1 is 1.16 bits per heavy atom. The molecule has 0 saturated carbocycles.